The second-order valence-electron chi connectivity index (χ2n) is 5.35. The van der Waals surface area contributed by atoms with E-state index in [2.05, 4.69) is 5.32 Å². The molecule has 0 spiro atoms. The van der Waals surface area contributed by atoms with Gasteiger partial charge in [-0.1, -0.05) is 0 Å². The van der Waals surface area contributed by atoms with Crippen molar-refractivity contribution >= 4 is 11.4 Å². The van der Waals surface area contributed by atoms with Gasteiger partial charge in [0.2, 0.25) is 0 Å². The Morgan fingerprint density at radius 3 is 2.72 bits per heavy atom. The Bertz CT molecular complexity index is 414. The highest BCUT2D eigenvalue weighted by molar-refractivity contribution is 5.61. The van der Waals surface area contributed by atoms with Crippen molar-refractivity contribution in [2.45, 2.75) is 44.8 Å². The number of anilines is 2. The maximum atomic E-state index is 10.0. The Morgan fingerprint density at radius 2 is 2.17 bits per heavy atom. The van der Waals surface area contributed by atoms with E-state index in [0.717, 1.165) is 24.9 Å². The lowest BCUT2D eigenvalue weighted by atomic mass is 9.80. The Labute approximate surface area is 108 Å². The smallest absolute Gasteiger partial charge is 0.144 e. The molecule has 0 saturated heterocycles. The van der Waals surface area contributed by atoms with Gasteiger partial charge in [0.05, 0.1) is 17.4 Å². The van der Waals surface area contributed by atoms with Gasteiger partial charge in [0, 0.05) is 18.3 Å². The van der Waals surface area contributed by atoms with Crippen LogP contribution in [0.15, 0.2) is 18.2 Å². The van der Waals surface area contributed by atoms with Gasteiger partial charge in [-0.2, -0.15) is 0 Å². The molecule has 1 saturated carbocycles. The third-order valence-corrected chi connectivity index (χ3v) is 3.28. The number of nitrogens with two attached hydrogens (primary N) is 1. The number of nitrogens with one attached hydrogen (secondary N) is 1. The van der Waals surface area contributed by atoms with Gasteiger partial charge in [0.1, 0.15) is 5.75 Å². The first kappa shape index (κ1) is 13.0. The van der Waals surface area contributed by atoms with Crippen LogP contribution in [0.25, 0.3) is 0 Å². The fraction of sp³-hybridized carbons (Fsp3) is 0.571. The highest BCUT2D eigenvalue weighted by Gasteiger charge is 2.33. The van der Waals surface area contributed by atoms with Crippen LogP contribution in [0, 0.1) is 0 Å². The first-order chi connectivity index (χ1) is 8.48. The van der Waals surface area contributed by atoms with Crippen LogP contribution in [-0.4, -0.2) is 23.4 Å². The zero-order chi connectivity index (χ0) is 13.2. The van der Waals surface area contributed by atoms with E-state index in [-0.39, 0.29) is 6.10 Å². The van der Waals surface area contributed by atoms with Gasteiger partial charge in [-0.25, -0.2) is 0 Å². The molecular weight excluding hydrogens is 228 g/mol. The van der Waals surface area contributed by atoms with E-state index in [0.29, 0.717) is 18.0 Å². The van der Waals surface area contributed by atoms with E-state index < -0.39 is 5.60 Å². The number of aliphatic hydroxyl groups is 1. The van der Waals surface area contributed by atoms with Gasteiger partial charge in [-0.05, 0) is 45.2 Å². The summed E-state index contributed by atoms with van der Waals surface area (Å²) in [6.45, 7) is 4.52. The number of nitrogen functional groups attached to an aromatic ring is 1. The van der Waals surface area contributed by atoms with Gasteiger partial charge in [-0.3, -0.25) is 0 Å². The molecule has 0 aliphatic heterocycles. The lowest BCUT2D eigenvalue weighted by Gasteiger charge is -2.36. The van der Waals surface area contributed by atoms with Gasteiger partial charge in [-0.15, -0.1) is 0 Å². The summed E-state index contributed by atoms with van der Waals surface area (Å²) < 4.78 is 5.63. The molecule has 1 aliphatic rings. The Balaban J connectivity index is 2.00. The van der Waals surface area contributed by atoms with Crippen LogP contribution < -0.4 is 15.8 Å². The van der Waals surface area contributed by atoms with Crippen molar-refractivity contribution in [3.8, 4) is 5.75 Å². The monoisotopic (exact) mass is 250 g/mol. The van der Waals surface area contributed by atoms with E-state index in [1.165, 1.54) is 0 Å². The molecule has 0 bridgehead atoms. The van der Waals surface area contributed by atoms with Crippen molar-refractivity contribution < 1.29 is 9.84 Å². The largest absolute Gasteiger partial charge is 0.489 e. The number of hydrogen-bond acceptors (Lipinski definition) is 4. The molecule has 1 aliphatic carbocycles. The molecule has 2 rings (SSSR count). The van der Waals surface area contributed by atoms with Gasteiger partial charge >= 0.3 is 0 Å². The Hall–Kier alpha value is -1.42. The molecular formula is C14H22N2O2. The molecule has 0 unspecified atom stereocenters. The van der Waals surface area contributed by atoms with E-state index in [1.54, 1.807) is 0 Å². The third kappa shape index (κ3) is 3.07. The SMILES string of the molecule is CC(C)Oc1cc(NCC2(O)CCC2)ccc1N. The molecule has 0 heterocycles. The standard InChI is InChI=1S/C14H22N2O2/c1-10(2)18-13-8-11(4-5-12(13)15)16-9-14(17)6-3-7-14/h4-5,8,10,16-17H,3,6-7,9,15H2,1-2H3. The summed E-state index contributed by atoms with van der Waals surface area (Å²) >= 11 is 0. The molecule has 0 aromatic heterocycles. The van der Waals surface area contributed by atoms with E-state index in [4.69, 9.17) is 10.5 Å². The molecule has 4 heteroatoms. The fourth-order valence-electron chi connectivity index (χ4n) is 2.03. The normalized spacial score (nSPS) is 17.3. The number of hydrogen-bond donors (Lipinski definition) is 3. The number of ether oxygens (including phenoxy) is 1. The van der Waals surface area contributed by atoms with Crippen LogP contribution in [0.4, 0.5) is 11.4 Å². The van der Waals surface area contributed by atoms with Crippen molar-refractivity contribution in [3.63, 3.8) is 0 Å². The van der Waals surface area contributed by atoms with Crippen molar-refractivity contribution in [1.29, 1.82) is 0 Å². The highest BCUT2D eigenvalue weighted by Crippen LogP contribution is 2.32. The Morgan fingerprint density at radius 1 is 1.44 bits per heavy atom. The van der Waals surface area contributed by atoms with Crippen LogP contribution in [0.5, 0.6) is 5.75 Å². The van der Waals surface area contributed by atoms with Crippen molar-refractivity contribution in [2.75, 3.05) is 17.6 Å². The van der Waals surface area contributed by atoms with Gasteiger partial charge in [0.25, 0.3) is 0 Å². The fourth-order valence-corrected chi connectivity index (χ4v) is 2.03. The minimum Gasteiger partial charge on any atom is -0.489 e. The molecule has 1 aromatic carbocycles. The second kappa shape index (κ2) is 5.06. The minimum atomic E-state index is -0.527. The molecule has 1 fully saturated rings. The molecule has 1 aromatic rings. The number of rotatable bonds is 5. The Kier molecular flexibility index (Phi) is 3.66. The van der Waals surface area contributed by atoms with E-state index >= 15 is 0 Å². The molecule has 18 heavy (non-hydrogen) atoms. The molecule has 4 N–H and O–H groups in total. The summed E-state index contributed by atoms with van der Waals surface area (Å²) in [5, 5.41) is 13.3. The summed E-state index contributed by atoms with van der Waals surface area (Å²) in [7, 11) is 0. The quantitative estimate of drug-likeness (QED) is 0.702. The van der Waals surface area contributed by atoms with Crippen LogP contribution in [0.1, 0.15) is 33.1 Å². The third-order valence-electron chi connectivity index (χ3n) is 3.28. The first-order valence-electron chi connectivity index (χ1n) is 6.51. The minimum absolute atomic E-state index is 0.0957. The average Bonchev–Trinajstić information content (AvgIpc) is 2.27. The van der Waals surface area contributed by atoms with E-state index in [9.17, 15) is 5.11 Å². The topological polar surface area (TPSA) is 67.5 Å². The van der Waals surface area contributed by atoms with Crippen molar-refractivity contribution in [1.82, 2.24) is 0 Å². The maximum absolute atomic E-state index is 10.0. The molecule has 0 radical (unpaired) electrons. The van der Waals surface area contributed by atoms with Gasteiger partial charge < -0.3 is 20.9 Å². The average molecular weight is 250 g/mol. The first-order valence-corrected chi connectivity index (χ1v) is 6.51. The summed E-state index contributed by atoms with van der Waals surface area (Å²) in [4.78, 5) is 0. The predicted octanol–water partition coefficient (Wildman–Crippen LogP) is 2.38. The van der Waals surface area contributed by atoms with Gasteiger partial charge in [0.15, 0.2) is 0 Å². The van der Waals surface area contributed by atoms with Crippen molar-refractivity contribution in [3.05, 3.63) is 18.2 Å². The molecule has 100 valence electrons. The van der Waals surface area contributed by atoms with Crippen LogP contribution in [0.3, 0.4) is 0 Å². The van der Waals surface area contributed by atoms with E-state index in [1.807, 2.05) is 32.0 Å². The molecule has 4 nitrogen and oxygen atoms in total. The van der Waals surface area contributed by atoms with Crippen LogP contribution in [-0.2, 0) is 0 Å². The zero-order valence-electron chi connectivity index (χ0n) is 11.1. The number of benzene rings is 1. The van der Waals surface area contributed by atoms with Crippen LogP contribution in [0.2, 0.25) is 0 Å². The summed E-state index contributed by atoms with van der Waals surface area (Å²) in [6.07, 6.45) is 2.97. The summed E-state index contributed by atoms with van der Waals surface area (Å²) in [5.41, 5.74) is 6.89. The lowest BCUT2D eigenvalue weighted by Crippen LogP contribution is -2.43. The predicted molar refractivity (Wildman–Crippen MR) is 73.9 cm³/mol. The highest BCUT2D eigenvalue weighted by atomic mass is 16.5. The van der Waals surface area contributed by atoms with Crippen molar-refractivity contribution in [2.24, 2.45) is 0 Å². The lowest BCUT2D eigenvalue weighted by molar-refractivity contribution is -0.0202. The molecule has 0 amide bonds. The zero-order valence-corrected chi connectivity index (χ0v) is 11.1. The summed E-state index contributed by atoms with van der Waals surface area (Å²) in [5.74, 6) is 0.690. The summed E-state index contributed by atoms with van der Waals surface area (Å²) in [6, 6.07) is 5.62. The molecule has 0 atom stereocenters. The second-order valence-corrected chi connectivity index (χ2v) is 5.35. The van der Waals surface area contributed by atoms with Crippen LogP contribution >= 0.6 is 0 Å². The maximum Gasteiger partial charge on any atom is 0.144 e.